The molecule has 4 rings (SSSR count). The van der Waals surface area contributed by atoms with Gasteiger partial charge in [-0.05, 0) is 47.7 Å². The summed E-state index contributed by atoms with van der Waals surface area (Å²) in [6.45, 7) is 5.84. The van der Waals surface area contributed by atoms with E-state index < -0.39 is 0 Å². The molecule has 3 heterocycles. The van der Waals surface area contributed by atoms with Crippen LogP contribution in [0.5, 0.6) is 5.75 Å². The molecular weight excluding hydrogens is 410 g/mol. The summed E-state index contributed by atoms with van der Waals surface area (Å²) >= 11 is 1.80. The van der Waals surface area contributed by atoms with Crippen molar-refractivity contribution in [2.24, 2.45) is 4.99 Å². The molecule has 0 saturated carbocycles. The molecular formula is C23H31N5O2S. The number of ether oxygens (including phenoxy) is 1. The normalized spacial score (nSPS) is 16.8. The molecule has 1 fully saturated rings. The SMILES string of the molecule is CN=C(NCCC(=O)N1CCc2sccc2C1)N1CCN(c2ccc(OC)cc2)CC1. The minimum Gasteiger partial charge on any atom is -0.497 e. The Labute approximate surface area is 188 Å². The lowest BCUT2D eigenvalue weighted by atomic mass is 10.1. The van der Waals surface area contributed by atoms with E-state index >= 15 is 0 Å². The zero-order chi connectivity index (χ0) is 21.6. The summed E-state index contributed by atoms with van der Waals surface area (Å²) in [6, 6.07) is 10.4. The van der Waals surface area contributed by atoms with E-state index in [0.717, 1.165) is 57.4 Å². The summed E-state index contributed by atoms with van der Waals surface area (Å²) in [4.78, 5) is 25.1. The number of rotatable bonds is 5. The number of carbonyl (C=O) groups excluding carboxylic acids is 1. The number of hydrogen-bond acceptors (Lipinski definition) is 5. The predicted octanol–water partition coefficient (Wildman–Crippen LogP) is 2.43. The Hall–Kier alpha value is -2.74. The van der Waals surface area contributed by atoms with Crippen molar-refractivity contribution in [3.63, 3.8) is 0 Å². The van der Waals surface area contributed by atoms with Crippen LogP contribution < -0.4 is 15.0 Å². The van der Waals surface area contributed by atoms with Crippen LogP contribution >= 0.6 is 11.3 Å². The molecule has 0 radical (unpaired) electrons. The maximum absolute atomic E-state index is 12.6. The summed E-state index contributed by atoms with van der Waals surface area (Å²) in [5.74, 6) is 1.96. The van der Waals surface area contributed by atoms with Crippen molar-refractivity contribution >= 4 is 28.9 Å². The number of aliphatic imine (C=N–C) groups is 1. The van der Waals surface area contributed by atoms with Gasteiger partial charge in [-0.1, -0.05) is 0 Å². The molecule has 0 bridgehead atoms. The van der Waals surface area contributed by atoms with Crippen LogP contribution in [0, 0.1) is 0 Å². The van der Waals surface area contributed by atoms with Crippen molar-refractivity contribution in [1.82, 2.24) is 15.1 Å². The Morgan fingerprint density at radius 3 is 2.58 bits per heavy atom. The third-order valence-electron chi connectivity index (χ3n) is 6.01. The van der Waals surface area contributed by atoms with Crippen molar-refractivity contribution in [3.05, 3.63) is 46.2 Å². The zero-order valence-corrected chi connectivity index (χ0v) is 19.2. The Morgan fingerprint density at radius 2 is 1.87 bits per heavy atom. The largest absolute Gasteiger partial charge is 0.497 e. The Kier molecular flexibility index (Phi) is 6.96. The highest BCUT2D eigenvalue weighted by Gasteiger charge is 2.22. The molecule has 8 heteroatoms. The second-order valence-electron chi connectivity index (χ2n) is 7.83. The molecule has 166 valence electrons. The average Bonchev–Trinajstić information content (AvgIpc) is 3.30. The van der Waals surface area contributed by atoms with Gasteiger partial charge in [-0.2, -0.15) is 0 Å². The first-order valence-electron chi connectivity index (χ1n) is 10.9. The third-order valence-corrected chi connectivity index (χ3v) is 7.03. The summed E-state index contributed by atoms with van der Waals surface area (Å²) in [5, 5.41) is 5.51. The third kappa shape index (κ3) is 5.12. The Morgan fingerprint density at radius 1 is 1.10 bits per heavy atom. The molecule has 2 aliphatic rings. The molecule has 1 amide bonds. The highest BCUT2D eigenvalue weighted by Crippen LogP contribution is 2.24. The van der Waals surface area contributed by atoms with E-state index in [4.69, 9.17) is 4.74 Å². The first-order chi connectivity index (χ1) is 15.2. The number of hydrogen-bond donors (Lipinski definition) is 1. The number of fused-ring (bicyclic) bond motifs is 1. The van der Waals surface area contributed by atoms with Gasteiger partial charge in [-0.3, -0.25) is 9.79 Å². The molecule has 1 aromatic carbocycles. The minimum atomic E-state index is 0.212. The molecule has 1 aromatic heterocycles. The lowest BCUT2D eigenvalue weighted by molar-refractivity contribution is -0.131. The number of piperazine rings is 1. The highest BCUT2D eigenvalue weighted by atomic mass is 32.1. The average molecular weight is 442 g/mol. The highest BCUT2D eigenvalue weighted by molar-refractivity contribution is 7.10. The van der Waals surface area contributed by atoms with Gasteiger partial charge in [-0.15, -0.1) is 11.3 Å². The number of benzene rings is 1. The summed E-state index contributed by atoms with van der Waals surface area (Å²) < 4.78 is 5.25. The lowest BCUT2D eigenvalue weighted by Crippen LogP contribution is -2.53. The monoisotopic (exact) mass is 441 g/mol. The number of methoxy groups -OCH3 is 1. The van der Waals surface area contributed by atoms with Gasteiger partial charge in [0.25, 0.3) is 0 Å². The topological polar surface area (TPSA) is 60.4 Å². The van der Waals surface area contributed by atoms with E-state index in [9.17, 15) is 4.79 Å². The molecule has 2 aliphatic heterocycles. The van der Waals surface area contributed by atoms with Gasteiger partial charge in [-0.25, -0.2) is 0 Å². The van der Waals surface area contributed by atoms with E-state index in [1.807, 2.05) is 24.1 Å². The van der Waals surface area contributed by atoms with Gasteiger partial charge in [0.2, 0.25) is 5.91 Å². The minimum absolute atomic E-state index is 0.212. The van der Waals surface area contributed by atoms with Crippen LogP contribution in [0.2, 0.25) is 0 Å². The standard InChI is InChI=1S/C23H31N5O2S/c1-24-23(25-10-7-22(29)28-11-8-21-18(17-28)9-16-31-21)27-14-12-26(13-15-27)19-3-5-20(30-2)6-4-19/h3-6,9,16H,7-8,10-15,17H2,1-2H3,(H,24,25). The van der Waals surface area contributed by atoms with E-state index in [-0.39, 0.29) is 5.91 Å². The van der Waals surface area contributed by atoms with E-state index in [1.165, 1.54) is 16.1 Å². The summed E-state index contributed by atoms with van der Waals surface area (Å²) in [7, 11) is 3.49. The lowest BCUT2D eigenvalue weighted by Gasteiger charge is -2.37. The molecule has 0 unspecified atom stereocenters. The molecule has 7 nitrogen and oxygen atoms in total. The zero-order valence-electron chi connectivity index (χ0n) is 18.3. The van der Waals surface area contributed by atoms with Crippen LogP contribution in [0.15, 0.2) is 40.7 Å². The van der Waals surface area contributed by atoms with Crippen LogP contribution in [-0.2, 0) is 17.8 Å². The predicted molar refractivity (Wildman–Crippen MR) is 126 cm³/mol. The smallest absolute Gasteiger partial charge is 0.224 e. The molecule has 1 N–H and O–H groups in total. The van der Waals surface area contributed by atoms with Crippen LogP contribution in [0.1, 0.15) is 16.9 Å². The van der Waals surface area contributed by atoms with Crippen LogP contribution in [-0.4, -0.2) is 75.1 Å². The van der Waals surface area contributed by atoms with Gasteiger partial charge in [0.15, 0.2) is 5.96 Å². The molecule has 2 aromatic rings. The molecule has 1 saturated heterocycles. The second-order valence-corrected chi connectivity index (χ2v) is 8.83. The second kappa shape index (κ2) is 10.0. The number of guanidine groups is 1. The van der Waals surface area contributed by atoms with Crippen LogP contribution in [0.4, 0.5) is 5.69 Å². The van der Waals surface area contributed by atoms with Gasteiger partial charge in [0.1, 0.15) is 5.75 Å². The number of carbonyl (C=O) groups is 1. The van der Waals surface area contributed by atoms with Gasteiger partial charge in [0.05, 0.1) is 7.11 Å². The Balaban J connectivity index is 1.21. The Bertz CT molecular complexity index is 903. The summed E-state index contributed by atoms with van der Waals surface area (Å²) in [5.41, 5.74) is 2.52. The molecule has 0 aliphatic carbocycles. The maximum Gasteiger partial charge on any atom is 0.224 e. The quantitative estimate of drug-likeness (QED) is 0.571. The van der Waals surface area contributed by atoms with Gasteiger partial charge < -0.3 is 24.8 Å². The van der Waals surface area contributed by atoms with Crippen molar-refractivity contribution < 1.29 is 9.53 Å². The van der Waals surface area contributed by atoms with Crippen LogP contribution in [0.25, 0.3) is 0 Å². The number of thiophene rings is 1. The first-order valence-corrected chi connectivity index (χ1v) is 11.7. The van der Waals surface area contributed by atoms with Crippen molar-refractivity contribution in [1.29, 1.82) is 0 Å². The number of amides is 1. The fourth-order valence-corrected chi connectivity index (χ4v) is 5.09. The van der Waals surface area contributed by atoms with E-state index in [0.29, 0.717) is 13.0 Å². The van der Waals surface area contributed by atoms with E-state index in [1.54, 1.807) is 18.4 Å². The first kappa shape index (κ1) is 21.5. The van der Waals surface area contributed by atoms with Crippen molar-refractivity contribution in [2.75, 3.05) is 58.3 Å². The fourth-order valence-electron chi connectivity index (χ4n) is 4.20. The van der Waals surface area contributed by atoms with Crippen LogP contribution in [0.3, 0.4) is 0 Å². The molecule has 0 spiro atoms. The molecule has 31 heavy (non-hydrogen) atoms. The van der Waals surface area contributed by atoms with Gasteiger partial charge in [0, 0.05) is 69.8 Å². The van der Waals surface area contributed by atoms with Gasteiger partial charge >= 0.3 is 0 Å². The van der Waals surface area contributed by atoms with Crippen molar-refractivity contribution in [3.8, 4) is 5.75 Å². The number of nitrogens with one attached hydrogen (secondary N) is 1. The van der Waals surface area contributed by atoms with Crippen molar-refractivity contribution in [2.45, 2.75) is 19.4 Å². The fraction of sp³-hybridized carbons (Fsp3) is 0.478. The van der Waals surface area contributed by atoms with E-state index in [2.05, 4.69) is 43.7 Å². The number of nitrogens with zero attached hydrogens (tertiary/aromatic N) is 4. The number of anilines is 1. The summed E-state index contributed by atoms with van der Waals surface area (Å²) in [6.07, 6.45) is 1.47. The molecule has 0 atom stereocenters. The maximum atomic E-state index is 12.6.